The smallest absolute Gasteiger partial charge is 0.257 e. The molecule has 2 rings (SSSR count). The number of aryl methyl sites for hydroxylation is 1. The Morgan fingerprint density at radius 2 is 2.00 bits per heavy atom. The van der Waals surface area contributed by atoms with E-state index in [2.05, 4.69) is 15.5 Å². The summed E-state index contributed by atoms with van der Waals surface area (Å²) in [6, 6.07) is 7.75. The van der Waals surface area contributed by atoms with E-state index in [-0.39, 0.29) is 5.91 Å². The molecule has 0 aliphatic carbocycles. The van der Waals surface area contributed by atoms with Gasteiger partial charge in [-0.3, -0.25) is 4.79 Å². The number of aromatic nitrogens is 2. The van der Waals surface area contributed by atoms with Crippen LogP contribution < -0.4 is 5.32 Å². The highest BCUT2D eigenvalue weighted by atomic mass is 16.5. The lowest BCUT2D eigenvalue weighted by Gasteiger charge is -2.16. The molecule has 1 heterocycles. The Hall–Kier alpha value is -2.21. The van der Waals surface area contributed by atoms with E-state index in [1.165, 1.54) is 13.8 Å². The average molecular weight is 303 g/mol. The van der Waals surface area contributed by atoms with E-state index in [0.29, 0.717) is 24.7 Å². The zero-order valence-corrected chi connectivity index (χ0v) is 13.1. The van der Waals surface area contributed by atoms with Gasteiger partial charge in [0.2, 0.25) is 0 Å². The minimum absolute atomic E-state index is 0.373. The number of nitrogens with zero attached hydrogens (tertiary/aromatic N) is 2. The SMILES string of the molecule is CCc1noc(-c2ccc(CCNC(=O)C(C)(C)O)cc2)n1. The Labute approximate surface area is 129 Å². The van der Waals surface area contributed by atoms with Gasteiger partial charge >= 0.3 is 0 Å². The summed E-state index contributed by atoms with van der Waals surface area (Å²) in [7, 11) is 0. The van der Waals surface area contributed by atoms with Gasteiger partial charge < -0.3 is 14.9 Å². The molecule has 0 radical (unpaired) electrons. The Bertz CT molecular complexity index is 627. The molecular formula is C16H21N3O3. The first-order chi connectivity index (χ1) is 10.4. The normalized spacial score (nSPS) is 11.5. The van der Waals surface area contributed by atoms with E-state index in [1.54, 1.807) is 0 Å². The maximum absolute atomic E-state index is 11.5. The summed E-state index contributed by atoms with van der Waals surface area (Å²) in [6.07, 6.45) is 1.43. The zero-order chi connectivity index (χ0) is 16.2. The van der Waals surface area contributed by atoms with Crippen LogP contribution in [-0.2, 0) is 17.6 Å². The summed E-state index contributed by atoms with van der Waals surface area (Å²) in [6.45, 7) is 5.38. The third-order valence-electron chi connectivity index (χ3n) is 3.24. The quantitative estimate of drug-likeness (QED) is 0.848. The number of nitrogens with one attached hydrogen (secondary N) is 1. The van der Waals surface area contributed by atoms with Crippen LogP contribution in [0.4, 0.5) is 0 Å². The van der Waals surface area contributed by atoms with Gasteiger partial charge in [0.25, 0.3) is 11.8 Å². The maximum atomic E-state index is 11.5. The first-order valence-corrected chi connectivity index (χ1v) is 7.32. The van der Waals surface area contributed by atoms with Crippen LogP contribution in [0.5, 0.6) is 0 Å². The van der Waals surface area contributed by atoms with Gasteiger partial charge in [-0.15, -0.1) is 0 Å². The standard InChI is InChI=1S/C16H21N3O3/c1-4-13-18-14(22-19-13)12-7-5-11(6-8-12)9-10-17-15(20)16(2,3)21/h5-8,21H,4,9-10H2,1-3H3,(H,17,20). The van der Waals surface area contributed by atoms with Crippen LogP contribution in [0.15, 0.2) is 28.8 Å². The van der Waals surface area contributed by atoms with Gasteiger partial charge in [0, 0.05) is 18.5 Å². The molecule has 2 N–H and O–H groups in total. The summed E-state index contributed by atoms with van der Waals surface area (Å²) in [5.74, 6) is 0.828. The highest BCUT2D eigenvalue weighted by Crippen LogP contribution is 2.18. The van der Waals surface area contributed by atoms with Gasteiger partial charge in [-0.25, -0.2) is 0 Å². The van der Waals surface area contributed by atoms with Gasteiger partial charge in [0.1, 0.15) is 5.60 Å². The third kappa shape index (κ3) is 4.14. The topological polar surface area (TPSA) is 88.2 Å². The predicted molar refractivity (Wildman–Crippen MR) is 82.1 cm³/mol. The molecule has 0 aliphatic rings. The van der Waals surface area contributed by atoms with Crippen molar-refractivity contribution < 1.29 is 14.4 Å². The van der Waals surface area contributed by atoms with Crippen molar-refractivity contribution in [3.05, 3.63) is 35.7 Å². The molecule has 0 fully saturated rings. The lowest BCUT2D eigenvalue weighted by Crippen LogP contribution is -2.42. The molecule has 0 saturated heterocycles. The molecule has 118 valence electrons. The second-order valence-electron chi connectivity index (χ2n) is 5.63. The van der Waals surface area contributed by atoms with Gasteiger partial charge in [-0.1, -0.05) is 24.2 Å². The first kappa shape index (κ1) is 16.2. The highest BCUT2D eigenvalue weighted by Gasteiger charge is 2.22. The number of rotatable bonds is 6. The van der Waals surface area contributed by atoms with Crippen LogP contribution in [0.3, 0.4) is 0 Å². The van der Waals surface area contributed by atoms with Crippen molar-refractivity contribution in [2.45, 2.75) is 39.2 Å². The van der Waals surface area contributed by atoms with Crippen molar-refractivity contribution in [2.75, 3.05) is 6.54 Å². The van der Waals surface area contributed by atoms with Crippen molar-refractivity contribution in [3.63, 3.8) is 0 Å². The van der Waals surface area contributed by atoms with Crippen molar-refractivity contribution in [3.8, 4) is 11.5 Å². The van der Waals surface area contributed by atoms with Crippen molar-refractivity contribution in [2.24, 2.45) is 0 Å². The lowest BCUT2D eigenvalue weighted by atomic mass is 10.1. The Kier molecular flexibility index (Phi) is 4.92. The molecule has 1 aromatic heterocycles. The predicted octanol–water partition coefficient (Wildman–Crippen LogP) is 1.73. The fraction of sp³-hybridized carbons (Fsp3) is 0.438. The number of hydrogen-bond donors (Lipinski definition) is 2. The molecule has 6 heteroatoms. The van der Waals surface area contributed by atoms with E-state index < -0.39 is 5.60 Å². The highest BCUT2D eigenvalue weighted by molar-refractivity contribution is 5.83. The summed E-state index contributed by atoms with van der Waals surface area (Å²) in [5.41, 5.74) is 0.602. The van der Waals surface area contributed by atoms with E-state index in [9.17, 15) is 9.90 Å². The summed E-state index contributed by atoms with van der Waals surface area (Å²) >= 11 is 0. The minimum Gasteiger partial charge on any atom is -0.381 e. The van der Waals surface area contributed by atoms with Crippen LogP contribution in [-0.4, -0.2) is 33.3 Å². The van der Waals surface area contributed by atoms with Crippen molar-refractivity contribution in [1.82, 2.24) is 15.5 Å². The third-order valence-corrected chi connectivity index (χ3v) is 3.24. The lowest BCUT2D eigenvalue weighted by molar-refractivity contribution is -0.136. The zero-order valence-electron chi connectivity index (χ0n) is 13.1. The Morgan fingerprint density at radius 3 is 2.55 bits per heavy atom. The molecule has 0 aliphatic heterocycles. The second kappa shape index (κ2) is 6.70. The molecule has 6 nitrogen and oxygen atoms in total. The van der Waals surface area contributed by atoms with Crippen LogP contribution in [0.1, 0.15) is 32.2 Å². The molecular weight excluding hydrogens is 282 g/mol. The number of hydrogen-bond acceptors (Lipinski definition) is 5. The van der Waals surface area contributed by atoms with Crippen LogP contribution in [0.25, 0.3) is 11.5 Å². The fourth-order valence-electron chi connectivity index (χ4n) is 1.87. The van der Waals surface area contributed by atoms with E-state index >= 15 is 0 Å². The van der Waals surface area contributed by atoms with Gasteiger partial charge in [-0.05, 0) is 38.0 Å². The maximum Gasteiger partial charge on any atom is 0.257 e. The number of benzene rings is 1. The van der Waals surface area contributed by atoms with Crippen LogP contribution in [0, 0.1) is 0 Å². The largest absolute Gasteiger partial charge is 0.381 e. The van der Waals surface area contributed by atoms with Gasteiger partial charge in [-0.2, -0.15) is 4.98 Å². The molecule has 0 atom stereocenters. The Morgan fingerprint density at radius 1 is 1.32 bits per heavy atom. The monoisotopic (exact) mass is 303 g/mol. The molecule has 2 aromatic rings. The number of carbonyl (C=O) groups excluding carboxylic acids is 1. The van der Waals surface area contributed by atoms with E-state index in [4.69, 9.17) is 4.52 Å². The number of carbonyl (C=O) groups is 1. The molecule has 22 heavy (non-hydrogen) atoms. The summed E-state index contributed by atoms with van der Waals surface area (Å²) < 4.78 is 5.19. The second-order valence-corrected chi connectivity index (χ2v) is 5.63. The molecule has 0 bridgehead atoms. The minimum atomic E-state index is -1.35. The van der Waals surface area contributed by atoms with Gasteiger partial charge in [0.15, 0.2) is 5.82 Å². The molecule has 1 amide bonds. The Balaban J connectivity index is 1.91. The number of aliphatic hydroxyl groups is 1. The van der Waals surface area contributed by atoms with Crippen LogP contribution in [0.2, 0.25) is 0 Å². The molecule has 0 spiro atoms. The van der Waals surface area contributed by atoms with Gasteiger partial charge in [0.05, 0.1) is 0 Å². The van der Waals surface area contributed by atoms with E-state index in [1.807, 2.05) is 31.2 Å². The molecule has 1 aromatic carbocycles. The molecule has 0 saturated carbocycles. The number of amides is 1. The summed E-state index contributed by atoms with van der Waals surface area (Å²) in [4.78, 5) is 15.8. The average Bonchev–Trinajstić information content (AvgIpc) is 2.96. The van der Waals surface area contributed by atoms with Crippen molar-refractivity contribution in [1.29, 1.82) is 0 Å². The van der Waals surface area contributed by atoms with Crippen molar-refractivity contribution >= 4 is 5.91 Å². The first-order valence-electron chi connectivity index (χ1n) is 7.32. The van der Waals surface area contributed by atoms with E-state index in [0.717, 1.165) is 17.5 Å². The fourth-order valence-corrected chi connectivity index (χ4v) is 1.87. The summed E-state index contributed by atoms with van der Waals surface area (Å²) in [5, 5.41) is 16.1. The van der Waals surface area contributed by atoms with Crippen LogP contribution >= 0.6 is 0 Å². The molecule has 0 unspecified atom stereocenters.